The molecule has 1 aromatic heterocycles. The lowest BCUT2D eigenvalue weighted by molar-refractivity contribution is -0.132. The molecule has 9 heteroatoms. The second kappa shape index (κ2) is 12.4. The van der Waals surface area contributed by atoms with Gasteiger partial charge in [0.2, 0.25) is 0 Å². The quantitative estimate of drug-likeness (QED) is 0.432. The van der Waals surface area contributed by atoms with Crippen LogP contribution in [-0.4, -0.2) is 79.0 Å². The Morgan fingerprint density at radius 2 is 1.68 bits per heavy atom. The molecule has 0 unspecified atom stereocenters. The van der Waals surface area contributed by atoms with E-state index in [1.807, 2.05) is 35.2 Å². The Labute approximate surface area is 224 Å². The van der Waals surface area contributed by atoms with Crippen molar-refractivity contribution in [2.45, 2.75) is 44.9 Å². The molecule has 0 aliphatic carbocycles. The molecule has 202 valence electrons. The van der Waals surface area contributed by atoms with Gasteiger partial charge in [0.1, 0.15) is 11.5 Å². The average Bonchev–Trinajstić information content (AvgIpc) is 3.50. The van der Waals surface area contributed by atoms with E-state index in [1.54, 1.807) is 14.2 Å². The molecule has 3 aromatic rings. The van der Waals surface area contributed by atoms with Crippen LogP contribution < -0.4 is 14.8 Å². The summed E-state index contributed by atoms with van der Waals surface area (Å²) in [6, 6.07) is 14.4. The van der Waals surface area contributed by atoms with Gasteiger partial charge < -0.3 is 24.4 Å². The number of anilines is 1. The molecule has 0 radical (unpaired) electrons. The summed E-state index contributed by atoms with van der Waals surface area (Å²) in [5.74, 6) is 2.40. The van der Waals surface area contributed by atoms with Gasteiger partial charge in [-0.3, -0.25) is 9.69 Å². The second-order valence-electron chi connectivity index (χ2n) is 10.1. The van der Waals surface area contributed by atoms with Gasteiger partial charge in [-0.1, -0.05) is 12.1 Å². The predicted octanol–water partition coefficient (Wildman–Crippen LogP) is 3.86. The molecule has 0 saturated carbocycles. The van der Waals surface area contributed by atoms with Crippen molar-refractivity contribution in [1.29, 1.82) is 0 Å². The van der Waals surface area contributed by atoms with Crippen LogP contribution in [0, 0.1) is 0 Å². The lowest BCUT2D eigenvalue weighted by Crippen LogP contribution is -2.38. The molecule has 1 amide bonds. The van der Waals surface area contributed by atoms with Gasteiger partial charge in [-0.05, 0) is 61.6 Å². The minimum absolute atomic E-state index is 0.0760. The Morgan fingerprint density at radius 3 is 2.39 bits per heavy atom. The van der Waals surface area contributed by atoms with Gasteiger partial charge in [-0.15, -0.1) is 5.10 Å². The first-order valence-corrected chi connectivity index (χ1v) is 13.4. The molecule has 0 bridgehead atoms. The van der Waals surface area contributed by atoms with Crippen LogP contribution in [0.1, 0.15) is 36.9 Å². The molecule has 2 aliphatic heterocycles. The Bertz CT molecular complexity index is 1220. The van der Waals surface area contributed by atoms with E-state index in [0.29, 0.717) is 12.6 Å². The maximum absolute atomic E-state index is 12.2. The number of fused-ring (bicyclic) bond motifs is 1. The zero-order valence-corrected chi connectivity index (χ0v) is 22.3. The number of ether oxygens (including phenoxy) is 3. The van der Waals surface area contributed by atoms with Gasteiger partial charge in [0.05, 0.1) is 19.4 Å². The number of methoxy groups -OCH3 is 2. The molecule has 0 atom stereocenters. The monoisotopic (exact) mass is 519 g/mol. The highest BCUT2D eigenvalue weighted by Crippen LogP contribution is 2.29. The van der Waals surface area contributed by atoms with Crippen molar-refractivity contribution in [3.8, 4) is 11.5 Å². The van der Waals surface area contributed by atoms with Gasteiger partial charge in [-0.25, -0.2) is 0 Å². The molecule has 0 spiro atoms. The number of nitrogens with one attached hydrogen (secondary N) is 1. The number of carbonyl (C=O) groups excluding carboxylic acids is 1. The number of benzene rings is 2. The Balaban J connectivity index is 1.13. The van der Waals surface area contributed by atoms with E-state index < -0.39 is 0 Å². The first-order valence-electron chi connectivity index (χ1n) is 13.4. The largest absolute Gasteiger partial charge is 0.497 e. The number of piperidine rings is 1. The van der Waals surface area contributed by atoms with E-state index in [2.05, 4.69) is 32.5 Å². The van der Waals surface area contributed by atoms with Crippen LogP contribution in [0.15, 0.2) is 42.5 Å². The van der Waals surface area contributed by atoms with E-state index in [4.69, 9.17) is 14.2 Å². The number of carbonyl (C=O) groups is 1. The van der Waals surface area contributed by atoms with E-state index >= 15 is 0 Å². The average molecular weight is 520 g/mol. The van der Waals surface area contributed by atoms with Crippen molar-refractivity contribution in [1.82, 2.24) is 20.0 Å². The summed E-state index contributed by atoms with van der Waals surface area (Å²) in [5.41, 5.74) is 2.06. The minimum atomic E-state index is 0.0760. The molecule has 2 aromatic carbocycles. The summed E-state index contributed by atoms with van der Waals surface area (Å²) in [6.07, 6.45) is 4.23. The number of hydrogen-bond donors (Lipinski definition) is 1. The standard InChI is InChI=1S/C29H37N5O4/c1-36-19-27-25-10-9-24(37-2)17-26(25)29(32-31-27)30-22-11-15-33(16-12-22)18-21-5-7-23(8-6-21)38-20-28(35)34-13-3-4-14-34/h5-10,17,22H,3-4,11-16,18-20H2,1-2H3,(H,30,32). The van der Waals surface area contributed by atoms with E-state index in [1.165, 1.54) is 5.56 Å². The fraction of sp³-hybridized carbons (Fsp3) is 0.483. The van der Waals surface area contributed by atoms with Crippen LogP contribution in [-0.2, 0) is 22.7 Å². The Hall–Kier alpha value is -3.43. The maximum atomic E-state index is 12.2. The molecule has 38 heavy (non-hydrogen) atoms. The first-order chi connectivity index (χ1) is 18.6. The van der Waals surface area contributed by atoms with Crippen molar-refractivity contribution >= 4 is 22.5 Å². The fourth-order valence-corrected chi connectivity index (χ4v) is 5.25. The number of likely N-dealkylation sites (tertiary alicyclic amines) is 2. The topological polar surface area (TPSA) is 89.1 Å². The van der Waals surface area contributed by atoms with E-state index in [-0.39, 0.29) is 12.5 Å². The van der Waals surface area contributed by atoms with Gasteiger partial charge in [0, 0.05) is 56.6 Å². The number of nitrogens with zero attached hydrogens (tertiary/aromatic N) is 4. The third-order valence-corrected chi connectivity index (χ3v) is 7.42. The molecular weight excluding hydrogens is 482 g/mol. The summed E-state index contributed by atoms with van der Waals surface area (Å²) in [5, 5.41) is 14.6. The lowest BCUT2D eigenvalue weighted by atomic mass is 10.0. The Morgan fingerprint density at radius 1 is 0.947 bits per heavy atom. The molecule has 2 saturated heterocycles. The van der Waals surface area contributed by atoms with Crippen LogP contribution in [0.2, 0.25) is 0 Å². The zero-order valence-electron chi connectivity index (χ0n) is 22.3. The number of hydrogen-bond acceptors (Lipinski definition) is 8. The van der Waals surface area contributed by atoms with Crippen LogP contribution in [0.5, 0.6) is 11.5 Å². The van der Waals surface area contributed by atoms with Crippen LogP contribution in [0.4, 0.5) is 5.82 Å². The summed E-state index contributed by atoms with van der Waals surface area (Å²) < 4.78 is 16.5. The predicted molar refractivity (Wildman–Crippen MR) is 146 cm³/mol. The minimum Gasteiger partial charge on any atom is -0.497 e. The maximum Gasteiger partial charge on any atom is 0.260 e. The zero-order chi connectivity index (χ0) is 26.3. The highest BCUT2D eigenvalue weighted by molar-refractivity contribution is 5.94. The third-order valence-electron chi connectivity index (χ3n) is 7.42. The van der Waals surface area contributed by atoms with Crippen molar-refractivity contribution in [3.05, 3.63) is 53.7 Å². The fourth-order valence-electron chi connectivity index (χ4n) is 5.25. The second-order valence-corrected chi connectivity index (χ2v) is 10.1. The lowest BCUT2D eigenvalue weighted by Gasteiger charge is -2.32. The van der Waals surface area contributed by atoms with Crippen molar-refractivity contribution in [2.75, 3.05) is 52.3 Å². The first kappa shape index (κ1) is 26.2. The van der Waals surface area contributed by atoms with Crippen molar-refractivity contribution in [2.24, 2.45) is 0 Å². The summed E-state index contributed by atoms with van der Waals surface area (Å²) >= 11 is 0. The number of rotatable bonds is 10. The number of aromatic nitrogens is 2. The SMILES string of the molecule is COCc1nnc(NC2CCN(Cc3ccc(OCC(=O)N4CCCC4)cc3)CC2)c2cc(OC)ccc12. The molecular formula is C29H37N5O4. The van der Waals surface area contributed by atoms with E-state index in [9.17, 15) is 4.79 Å². The van der Waals surface area contributed by atoms with Crippen molar-refractivity contribution < 1.29 is 19.0 Å². The van der Waals surface area contributed by atoms with Crippen LogP contribution >= 0.6 is 0 Å². The van der Waals surface area contributed by atoms with Crippen molar-refractivity contribution in [3.63, 3.8) is 0 Å². The molecule has 2 aliphatic rings. The summed E-state index contributed by atoms with van der Waals surface area (Å²) in [4.78, 5) is 16.6. The molecule has 5 rings (SSSR count). The van der Waals surface area contributed by atoms with Gasteiger partial charge in [-0.2, -0.15) is 5.10 Å². The molecule has 1 N–H and O–H groups in total. The summed E-state index contributed by atoms with van der Waals surface area (Å²) in [7, 11) is 3.34. The van der Waals surface area contributed by atoms with Crippen LogP contribution in [0.25, 0.3) is 10.8 Å². The van der Waals surface area contributed by atoms with Gasteiger partial charge >= 0.3 is 0 Å². The molecule has 9 nitrogen and oxygen atoms in total. The normalized spacial score (nSPS) is 16.6. The highest BCUT2D eigenvalue weighted by Gasteiger charge is 2.22. The Kier molecular flexibility index (Phi) is 8.55. The number of amides is 1. The smallest absolute Gasteiger partial charge is 0.260 e. The van der Waals surface area contributed by atoms with E-state index in [0.717, 1.165) is 92.2 Å². The summed E-state index contributed by atoms with van der Waals surface area (Å²) in [6.45, 7) is 5.12. The molecule has 2 fully saturated rings. The van der Waals surface area contributed by atoms with Gasteiger partial charge in [0.15, 0.2) is 12.4 Å². The third kappa shape index (κ3) is 6.34. The molecule has 3 heterocycles. The van der Waals surface area contributed by atoms with Gasteiger partial charge in [0.25, 0.3) is 5.91 Å². The highest BCUT2D eigenvalue weighted by atomic mass is 16.5. The van der Waals surface area contributed by atoms with Crippen LogP contribution in [0.3, 0.4) is 0 Å².